The molecule has 1 aliphatic rings. The Morgan fingerprint density at radius 2 is 1.60 bits per heavy atom. The number of ether oxygens (including phenoxy) is 4. The van der Waals surface area contributed by atoms with E-state index in [0.29, 0.717) is 37.7 Å². The molecule has 0 heterocycles. The van der Waals surface area contributed by atoms with Crippen LogP contribution in [-0.2, 0) is 23.8 Å². The molecule has 40 heavy (non-hydrogen) atoms. The van der Waals surface area contributed by atoms with Crippen LogP contribution in [0, 0.1) is 5.41 Å². The first kappa shape index (κ1) is 31.9. The van der Waals surface area contributed by atoms with Crippen molar-refractivity contribution in [2.45, 2.75) is 58.3 Å². The summed E-state index contributed by atoms with van der Waals surface area (Å²) in [7, 11) is 4.78. The zero-order valence-electron chi connectivity index (χ0n) is 23.7. The molecule has 0 bridgehead atoms. The maximum Gasteiger partial charge on any atom is 0.407 e. The Balaban J connectivity index is 1.27. The van der Waals surface area contributed by atoms with Crippen LogP contribution in [0.25, 0.3) is 10.8 Å². The van der Waals surface area contributed by atoms with Crippen LogP contribution in [-0.4, -0.2) is 63.0 Å². The molecule has 0 aliphatic heterocycles. The zero-order valence-corrected chi connectivity index (χ0v) is 25.3. The third-order valence-electron chi connectivity index (χ3n) is 7.17. The van der Waals surface area contributed by atoms with Crippen LogP contribution in [0.4, 0.5) is 4.79 Å². The number of hydrogen-bond donors (Lipinski definition) is 1. The van der Waals surface area contributed by atoms with Gasteiger partial charge in [0.25, 0.3) is 0 Å². The maximum atomic E-state index is 12.5. The minimum absolute atomic E-state index is 0.205. The molecule has 1 amide bonds. The standard InChI is InChI=1S/C30H41NO7S2/c1-4-36-27(32)20-30(12-6-5-7-13-30)21-31-29(34)38-15-17-40-39-16-14-37-28(33)22(2)23-8-9-25-19-26(35-3)11-10-24(25)18-23/h8-11,18-19,22H,4-7,12-17,20-21H2,1-3H3,(H,31,34)/t22-/m1/s1. The van der Waals surface area contributed by atoms with Crippen molar-refractivity contribution in [1.29, 1.82) is 0 Å². The largest absolute Gasteiger partial charge is 0.497 e. The highest BCUT2D eigenvalue weighted by molar-refractivity contribution is 8.76. The van der Waals surface area contributed by atoms with Gasteiger partial charge in [0.2, 0.25) is 0 Å². The third-order valence-corrected chi connectivity index (χ3v) is 9.50. The molecule has 3 rings (SSSR count). The van der Waals surface area contributed by atoms with Gasteiger partial charge in [-0.3, -0.25) is 9.59 Å². The second-order valence-electron chi connectivity index (χ2n) is 10.0. The quantitative estimate of drug-likeness (QED) is 0.108. The van der Waals surface area contributed by atoms with Gasteiger partial charge >= 0.3 is 18.0 Å². The Morgan fingerprint density at radius 3 is 2.30 bits per heavy atom. The smallest absolute Gasteiger partial charge is 0.407 e. The van der Waals surface area contributed by atoms with Crippen LogP contribution in [0.5, 0.6) is 5.75 Å². The van der Waals surface area contributed by atoms with E-state index in [9.17, 15) is 14.4 Å². The molecule has 0 unspecified atom stereocenters. The van der Waals surface area contributed by atoms with E-state index in [2.05, 4.69) is 5.32 Å². The van der Waals surface area contributed by atoms with Gasteiger partial charge in [0, 0.05) is 18.1 Å². The summed E-state index contributed by atoms with van der Waals surface area (Å²) in [5, 5.41) is 4.96. The minimum Gasteiger partial charge on any atom is -0.497 e. The summed E-state index contributed by atoms with van der Waals surface area (Å²) in [6.45, 7) is 5.03. The van der Waals surface area contributed by atoms with Crippen LogP contribution >= 0.6 is 21.6 Å². The zero-order chi connectivity index (χ0) is 28.8. The van der Waals surface area contributed by atoms with Gasteiger partial charge in [0.1, 0.15) is 19.0 Å². The average Bonchev–Trinajstić information content (AvgIpc) is 2.97. The number of carbonyl (C=O) groups excluding carboxylic acids is 3. The monoisotopic (exact) mass is 591 g/mol. The van der Waals surface area contributed by atoms with Crippen LogP contribution in [0.15, 0.2) is 36.4 Å². The van der Waals surface area contributed by atoms with Crippen molar-refractivity contribution in [3.05, 3.63) is 42.0 Å². The van der Waals surface area contributed by atoms with Gasteiger partial charge in [-0.1, -0.05) is 65.1 Å². The summed E-state index contributed by atoms with van der Waals surface area (Å²) >= 11 is 0. The topological polar surface area (TPSA) is 100 Å². The van der Waals surface area contributed by atoms with Crippen molar-refractivity contribution in [1.82, 2.24) is 5.32 Å². The Morgan fingerprint density at radius 1 is 0.925 bits per heavy atom. The highest BCUT2D eigenvalue weighted by Gasteiger charge is 2.35. The molecule has 10 heteroatoms. The summed E-state index contributed by atoms with van der Waals surface area (Å²) in [5.41, 5.74) is 0.668. The van der Waals surface area contributed by atoms with Crippen molar-refractivity contribution in [2.24, 2.45) is 5.41 Å². The van der Waals surface area contributed by atoms with Crippen LogP contribution < -0.4 is 10.1 Å². The number of fused-ring (bicyclic) bond motifs is 1. The number of methoxy groups -OCH3 is 1. The fraction of sp³-hybridized carbons (Fsp3) is 0.567. The lowest BCUT2D eigenvalue weighted by atomic mass is 9.72. The number of nitrogens with one attached hydrogen (secondary N) is 1. The predicted octanol–water partition coefficient (Wildman–Crippen LogP) is 6.51. The maximum absolute atomic E-state index is 12.5. The van der Waals surface area contributed by atoms with E-state index >= 15 is 0 Å². The molecule has 2 aromatic carbocycles. The first-order valence-corrected chi connectivity index (χ1v) is 16.4. The van der Waals surface area contributed by atoms with E-state index < -0.39 is 6.09 Å². The molecule has 0 radical (unpaired) electrons. The van der Waals surface area contributed by atoms with Crippen molar-refractivity contribution in [2.75, 3.05) is 45.0 Å². The second kappa shape index (κ2) is 16.6. The first-order chi connectivity index (χ1) is 19.4. The molecule has 0 spiro atoms. The number of benzene rings is 2. The number of amides is 1. The van der Waals surface area contributed by atoms with Crippen molar-refractivity contribution in [3.8, 4) is 5.75 Å². The Kier molecular flexibility index (Phi) is 13.3. The molecular weight excluding hydrogens is 550 g/mol. The number of hydrogen-bond acceptors (Lipinski definition) is 9. The van der Waals surface area contributed by atoms with Gasteiger partial charge in [0.05, 0.1) is 26.1 Å². The summed E-state index contributed by atoms with van der Waals surface area (Å²) < 4.78 is 21.2. The van der Waals surface area contributed by atoms with Gasteiger partial charge in [-0.2, -0.15) is 0 Å². The number of esters is 2. The molecule has 1 fully saturated rings. The third kappa shape index (κ3) is 10.1. The van der Waals surface area contributed by atoms with Gasteiger partial charge in [-0.15, -0.1) is 0 Å². The highest BCUT2D eigenvalue weighted by Crippen LogP contribution is 2.39. The fourth-order valence-electron chi connectivity index (χ4n) is 4.91. The molecule has 0 saturated heterocycles. The Bertz CT molecular complexity index is 1120. The second-order valence-corrected chi connectivity index (χ2v) is 12.7. The molecule has 220 valence electrons. The number of rotatable bonds is 15. The lowest BCUT2D eigenvalue weighted by Crippen LogP contribution is -2.41. The van der Waals surface area contributed by atoms with E-state index in [-0.39, 0.29) is 29.9 Å². The Labute approximate surface area is 245 Å². The SMILES string of the molecule is CCOC(=O)CC1(CNC(=O)OCCSSCCOC(=O)[C@H](C)c2ccc3cc(OC)ccc3c2)CCCCC1. The van der Waals surface area contributed by atoms with Crippen LogP contribution in [0.3, 0.4) is 0 Å². The molecule has 2 aromatic rings. The van der Waals surface area contributed by atoms with Gasteiger partial charge in [-0.25, -0.2) is 4.79 Å². The average molecular weight is 592 g/mol. The molecule has 1 saturated carbocycles. The van der Waals surface area contributed by atoms with E-state index in [1.165, 1.54) is 0 Å². The van der Waals surface area contributed by atoms with Crippen molar-refractivity contribution >= 4 is 50.4 Å². The van der Waals surface area contributed by atoms with Crippen molar-refractivity contribution < 1.29 is 33.3 Å². The first-order valence-electron chi connectivity index (χ1n) is 13.9. The normalized spacial score (nSPS) is 15.2. The van der Waals surface area contributed by atoms with E-state index in [1.807, 2.05) is 43.3 Å². The van der Waals surface area contributed by atoms with Crippen molar-refractivity contribution in [3.63, 3.8) is 0 Å². The Hall–Kier alpha value is -2.59. The lowest BCUT2D eigenvalue weighted by Gasteiger charge is -2.36. The van der Waals surface area contributed by atoms with E-state index in [0.717, 1.165) is 54.2 Å². The summed E-state index contributed by atoms with van der Waals surface area (Å²) in [4.78, 5) is 36.8. The minimum atomic E-state index is -0.463. The summed E-state index contributed by atoms with van der Waals surface area (Å²) in [5.74, 6) is 1.25. The van der Waals surface area contributed by atoms with Crippen LogP contribution in [0.2, 0.25) is 0 Å². The molecule has 8 nitrogen and oxygen atoms in total. The molecule has 1 aliphatic carbocycles. The van der Waals surface area contributed by atoms with Crippen LogP contribution in [0.1, 0.15) is 63.9 Å². The highest BCUT2D eigenvalue weighted by atomic mass is 33.1. The lowest BCUT2D eigenvalue weighted by molar-refractivity contribution is -0.146. The van der Waals surface area contributed by atoms with Gasteiger partial charge < -0.3 is 24.3 Å². The van der Waals surface area contributed by atoms with E-state index in [1.54, 1.807) is 35.6 Å². The molecule has 1 atom stereocenters. The summed E-state index contributed by atoms with van der Waals surface area (Å²) in [6.07, 6.45) is 4.93. The predicted molar refractivity (Wildman–Crippen MR) is 161 cm³/mol. The number of carbonyl (C=O) groups is 3. The van der Waals surface area contributed by atoms with Gasteiger partial charge in [0.15, 0.2) is 0 Å². The summed E-state index contributed by atoms with van der Waals surface area (Å²) in [6, 6.07) is 11.8. The molecule has 0 aromatic heterocycles. The number of alkyl carbamates (subject to hydrolysis) is 1. The van der Waals surface area contributed by atoms with Gasteiger partial charge in [-0.05, 0) is 60.6 Å². The van der Waals surface area contributed by atoms with E-state index in [4.69, 9.17) is 18.9 Å². The molecule has 1 N–H and O–H groups in total. The fourth-order valence-corrected chi connectivity index (χ4v) is 6.56. The molecular formula is C30H41NO7S2.